The fourth-order valence-electron chi connectivity index (χ4n) is 3.79. The molecule has 3 aromatic rings. The van der Waals surface area contributed by atoms with Crippen molar-refractivity contribution in [3.63, 3.8) is 0 Å². The van der Waals surface area contributed by atoms with Crippen LogP contribution in [0.2, 0.25) is 5.02 Å². The third-order valence-electron chi connectivity index (χ3n) is 5.77. The molecule has 3 aromatic carbocycles. The topological polar surface area (TPSA) is 108 Å². The summed E-state index contributed by atoms with van der Waals surface area (Å²) in [5.41, 5.74) is 3.09. The molecule has 0 aromatic heterocycles. The van der Waals surface area contributed by atoms with E-state index >= 15 is 0 Å². The van der Waals surface area contributed by atoms with Gasteiger partial charge >= 0.3 is 5.97 Å². The summed E-state index contributed by atoms with van der Waals surface area (Å²) in [6, 6.07) is 22.2. The van der Waals surface area contributed by atoms with E-state index in [2.05, 4.69) is 10.6 Å². The van der Waals surface area contributed by atoms with E-state index in [1.54, 1.807) is 42.5 Å². The van der Waals surface area contributed by atoms with Gasteiger partial charge in [-0.3, -0.25) is 9.59 Å². The number of carbonyl (C=O) groups excluding carboxylic acids is 3. The van der Waals surface area contributed by atoms with Gasteiger partial charge in [-0.15, -0.1) is 0 Å². The predicted molar refractivity (Wildman–Crippen MR) is 138 cm³/mol. The van der Waals surface area contributed by atoms with Gasteiger partial charge in [-0.25, -0.2) is 4.79 Å². The highest BCUT2D eigenvalue weighted by molar-refractivity contribution is 6.33. The molecule has 0 fully saturated rings. The number of ether oxygens (including phenoxy) is 1. The van der Waals surface area contributed by atoms with E-state index in [0.717, 1.165) is 5.56 Å². The average molecular weight is 504 g/mol. The van der Waals surface area contributed by atoms with Crippen molar-refractivity contribution in [2.75, 3.05) is 13.7 Å². The molecule has 0 radical (unpaired) electrons. The van der Waals surface area contributed by atoms with Gasteiger partial charge in [0.05, 0.1) is 18.7 Å². The van der Waals surface area contributed by atoms with Gasteiger partial charge in [0.2, 0.25) is 5.91 Å². The molecular formula is C28H26ClN3O4. The third kappa shape index (κ3) is 6.71. The standard InChI is InChI=1S/C28H26ClN3O4/c1-18(19-6-4-3-5-7-19)16-25(27(34)31-15-14-30)32-26(33)21-10-8-20(9-11-21)23-17-22(28(35)36-2)12-13-24(23)29/h3-13,17-18,25H,15-16H2,1-2H3,(H,31,34)(H,32,33)/t18-,25-/m0/s1. The lowest BCUT2D eigenvalue weighted by Crippen LogP contribution is -2.47. The van der Waals surface area contributed by atoms with Crippen LogP contribution in [0, 0.1) is 11.3 Å². The van der Waals surface area contributed by atoms with Gasteiger partial charge in [-0.2, -0.15) is 5.26 Å². The molecule has 0 heterocycles. The van der Waals surface area contributed by atoms with E-state index in [4.69, 9.17) is 21.6 Å². The minimum atomic E-state index is -0.827. The smallest absolute Gasteiger partial charge is 0.337 e. The highest BCUT2D eigenvalue weighted by Crippen LogP contribution is 2.29. The van der Waals surface area contributed by atoms with Crippen LogP contribution in [0.5, 0.6) is 0 Å². The molecule has 2 N–H and O–H groups in total. The first-order valence-electron chi connectivity index (χ1n) is 11.3. The quantitative estimate of drug-likeness (QED) is 0.324. The fraction of sp³-hybridized carbons (Fsp3) is 0.214. The van der Waals surface area contributed by atoms with Crippen LogP contribution >= 0.6 is 11.6 Å². The van der Waals surface area contributed by atoms with Gasteiger partial charge < -0.3 is 15.4 Å². The van der Waals surface area contributed by atoms with Crippen LogP contribution in [-0.2, 0) is 9.53 Å². The van der Waals surface area contributed by atoms with E-state index in [0.29, 0.717) is 33.7 Å². The molecule has 184 valence electrons. The Bertz CT molecular complexity index is 1270. The highest BCUT2D eigenvalue weighted by atomic mass is 35.5. The maximum Gasteiger partial charge on any atom is 0.337 e. The van der Waals surface area contributed by atoms with Gasteiger partial charge in [-0.1, -0.05) is 61.0 Å². The van der Waals surface area contributed by atoms with Crippen LogP contribution < -0.4 is 10.6 Å². The summed E-state index contributed by atoms with van der Waals surface area (Å²) in [6.07, 6.45) is 0.362. The number of benzene rings is 3. The Labute approximate surface area is 215 Å². The first-order chi connectivity index (χ1) is 17.3. The molecule has 3 rings (SSSR count). The van der Waals surface area contributed by atoms with Crippen LogP contribution in [0.1, 0.15) is 45.5 Å². The highest BCUT2D eigenvalue weighted by Gasteiger charge is 2.24. The van der Waals surface area contributed by atoms with Gasteiger partial charge in [0.15, 0.2) is 0 Å². The van der Waals surface area contributed by atoms with E-state index in [9.17, 15) is 14.4 Å². The molecule has 0 aliphatic rings. The fourth-order valence-corrected chi connectivity index (χ4v) is 4.01. The number of esters is 1. The van der Waals surface area contributed by atoms with E-state index in [1.807, 2.05) is 43.3 Å². The SMILES string of the molecule is COC(=O)c1ccc(Cl)c(-c2ccc(C(=O)N[C@@H](C[C@H](C)c3ccccc3)C(=O)NCC#N)cc2)c1. The minimum Gasteiger partial charge on any atom is -0.465 e. The number of nitrogens with zero attached hydrogens (tertiary/aromatic N) is 1. The number of hydrogen-bond acceptors (Lipinski definition) is 5. The summed E-state index contributed by atoms with van der Waals surface area (Å²) in [4.78, 5) is 37.6. The largest absolute Gasteiger partial charge is 0.465 e. The Kier molecular flexibility index (Phi) is 9.20. The molecule has 0 bridgehead atoms. The number of rotatable bonds is 9. The Balaban J connectivity index is 1.78. The molecule has 7 nitrogen and oxygen atoms in total. The molecule has 0 saturated heterocycles. The van der Waals surface area contributed by atoms with Crippen molar-refractivity contribution in [2.45, 2.75) is 25.3 Å². The summed E-state index contributed by atoms with van der Waals surface area (Å²) >= 11 is 6.33. The van der Waals surface area contributed by atoms with E-state index in [-0.39, 0.29) is 12.5 Å². The first kappa shape index (κ1) is 26.5. The van der Waals surface area contributed by atoms with Crippen LogP contribution in [0.3, 0.4) is 0 Å². The Morgan fingerprint density at radius 2 is 1.67 bits per heavy atom. The van der Waals surface area contributed by atoms with Crippen molar-refractivity contribution in [2.24, 2.45) is 0 Å². The summed E-state index contributed by atoms with van der Waals surface area (Å²) < 4.78 is 4.77. The Morgan fingerprint density at radius 3 is 2.31 bits per heavy atom. The summed E-state index contributed by atoms with van der Waals surface area (Å²) in [5, 5.41) is 14.6. The maximum absolute atomic E-state index is 13.0. The van der Waals surface area contributed by atoms with Gasteiger partial charge in [0, 0.05) is 16.1 Å². The average Bonchev–Trinajstić information content (AvgIpc) is 2.91. The normalized spacial score (nSPS) is 12.1. The van der Waals surface area contributed by atoms with E-state index < -0.39 is 23.8 Å². The number of hydrogen-bond donors (Lipinski definition) is 2. The van der Waals surface area contributed by atoms with Crippen molar-refractivity contribution >= 4 is 29.4 Å². The van der Waals surface area contributed by atoms with Crippen LogP contribution in [-0.4, -0.2) is 37.5 Å². The van der Waals surface area contributed by atoms with Crippen LogP contribution in [0.15, 0.2) is 72.8 Å². The number of nitrogens with one attached hydrogen (secondary N) is 2. The lowest BCUT2D eigenvalue weighted by atomic mass is 9.93. The van der Waals surface area contributed by atoms with Gasteiger partial charge in [-0.05, 0) is 53.8 Å². The predicted octanol–water partition coefficient (Wildman–Crippen LogP) is 4.73. The molecule has 2 atom stereocenters. The number of amides is 2. The molecule has 0 aliphatic carbocycles. The zero-order valence-corrected chi connectivity index (χ0v) is 20.7. The number of carbonyl (C=O) groups is 3. The molecule has 0 unspecified atom stereocenters. The lowest BCUT2D eigenvalue weighted by molar-refractivity contribution is -0.123. The molecule has 0 spiro atoms. The second kappa shape index (κ2) is 12.5. The monoisotopic (exact) mass is 503 g/mol. The Morgan fingerprint density at radius 1 is 1.00 bits per heavy atom. The second-order valence-electron chi connectivity index (χ2n) is 8.21. The second-order valence-corrected chi connectivity index (χ2v) is 8.62. The van der Waals surface area contributed by atoms with Gasteiger partial charge in [0.25, 0.3) is 5.91 Å². The molecule has 8 heteroatoms. The van der Waals surface area contributed by atoms with Crippen molar-refractivity contribution in [3.05, 3.63) is 94.5 Å². The summed E-state index contributed by atoms with van der Waals surface area (Å²) in [6.45, 7) is 1.83. The molecule has 0 saturated carbocycles. The van der Waals surface area contributed by atoms with Crippen molar-refractivity contribution in [1.82, 2.24) is 10.6 Å². The maximum atomic E-state index is 13.0. The van der Waals surface area contributed by atoms with Crippen LogP contribution in [0.25, 0.3) is 11.1 Å². The number of halogens is 1. The van der Waals surface area contributed by atoms with Crippen molar-refractivity contribution in [3.8, 4) is 17.2 Å². The zero-order chi connectivity index (χ0) is 26.1. The molecule has 0 aliphatic heterocycles. The van der Waals surface area contributed by atoms with E-state index in [1.165, 1.54) is 7.11 Å². The first-order valence-corrected chi connectivity index (χ1v) is 11.7. The number of nitriles is 1. The lowest BCUT2D eigenvalue weighted by Gasteiger charge is -2.22. The van der Waals surface area contributed by atoms with Crippen molar-refractivity contribution < 1.29 is 19.1 Å². The third-order valence-corrected chi connectivity index (χ3v) is 6.10. The molecule has 2 amide bonds. The molecular weight excluding hydrogens is 478 g/mol. The minimum absolute atomic E-state index is 0.00376. The zero-order valence-electron chi connectivity index (χ0n) is 20.0. The van der Waals surface area contributed by atoms with Crippen molar-refractivity contribution in [1.29, 1.82) is 5.26 Å². The Hall–Kier alpha value is -4.15. The summed E-state index contributed by atoms with van der Waals surface area (Å²) in [7, 11) is 1.30. The molecule has 36 heavy (non-hydrogen) atoms. The van der Waals surface area contributed by atoms with Crippen LogP contribution in [0.4, 0.5) is 0 Å². The summed E-state index contributed by atoms with van der Waals surface area (Å²) in [5.74, 6) is -1.32. The number of methoxy groups -OCH3 is 1. The van der Waals surface area contributed by atoms with Gasteiger partial charge in [0.1, 0.15) is 12.6 Å².